The average molecular weight is 449 g/mol. The van der Waals surface area contributed by atoms with Crippen molar-refractivity contribution in [2.45, 2.75) is 12.8 Å². The van der Waals surface area contributed by atoms with E-state index >= 15 is 0 Å². The summed E-state index contributed by atoms with van der Waals surface area (Å²) in [6.45, 7) is 0.325. The Morgan fingerprint density at radius 1 is 1.09 bits per heavy atom. The molecule has 11 nitrogen and oxygen atoms in total. The number of aromatic nitrogens is 3. The highest BCUT2D eigenvalue weighted by molar-refractivity contribution is 5.85. The van der Waals surface area contributed by atoms with E-state index in [1.54, 1.807) is 36.4 Å². The Morgan fingerprint density at radius 2 is 1.88 bits per heavy atom. The van der Waals surface area contributed by atoms with Gasteiger partial charge in [0.25, 0.3) is 5.69 Å². The molecule has 0 aliphatic carbocycles. The highest BCUT2D eigenvalue weighted by Crippen LogP contribution is 2.31. The van der Waals surface area contributed by atoms with Gasteiger partial charge in [-0.25, -0.2) is 4.79 Å². The van der Waals surface area contributed by atoms with Gasteiger partial charge < -0.3 is 20.5 Å². The van der Waals surface area contributed by atoms with Crippen molar-refractivity contribution >= 4 is 22.4 Å². The van der Waals surface area contributed by atoms with Crippen molar-refractivity contribution in [1.29, 1.82) is 0 Å². The summed E-state index contributed by atoms with van der Waals surface area (Å²) in [5, 5.41) is 34.9. The van der Waals surface area contributed by atoms with Gasteiger partial charge in [0.1, 0.15) is 0 Å². The Balaban J connectivity index is 1.57. The minimum absolute atomic E-state index is 0.104. The van der Waals surface area contributed by atoms with E-state index in [2.05, 4.69) is 20.3 Å². The van der Waals surface area contributed by atoms with E-state index in [0.717, 1.165) is 6.20 Å². The number of pyridine rings is 1. The summed E-state index contributed by atoms with van der Waals surface area (Å²) in [6.07, 6.45) is 1.82. The predicted octanol–water partition coefficient (Wildman–Crippen LogP) is 2.64. The summed E-state index contributed by atoms with van der Waals surface area (Å²) in [4.78, 5) is 43.6. The van der Waals surface area contributed by atoms with Gasteiger partial charge >= 0.3 is 5.69 Å². The molecule has 11 heteroatoms. The molecule has 2 heterocycles. The third-order valence-corrected chi connectivity index (χ3v) is 5.17. The molecule has 0 aliphatic heterocycles. The first-order chi connectivity index (χ1) is 15.8. The fourth-order valence-corrected chi connectivity index (χ4v) is 3.55. The van der Waals surface area contributed by atoms with Crippen LogP contribution >= 0.6 is 0 Å². The lowest BCUT2D eigenvalue weighted by atomic mass is 10.0. The minimum Gasteiger partial charge on any atom is -0.503 e. The number of aryl methyl sites for hydroxylation is 1. The predicted molar refractivity (Wildman–Crippen MR) is 122 cm³/mol. The zero-order chi connectivity index (χ0) is 23.5. The lowest BCUT2D eigenvalue weighted by Gasteiger charge is -2.10. The summed E-state index contributed by atoms with van der Waals surface area (Å²) in [6, 6.07) is 11.2. The van der Waals surface area contributed by atoms with E-state index in [9.17, 15) is 29.9 Å². The number of hydrogen-bond donors (Lipinski definition) is 5. The van der Waals surface area contributed by atoms with Gasteiger partial charge in [0, 0.05) is 34.6 Å². The molecule has 2 aromatic carbocycles. The molecule has 2 aromatic heterocycles. The number of nitro benzene ring substituents is 1. The maximum atomic E-state index is 12.5. The lowest BCUT2D eigenvalue weighted by molar-refractivity contribution is -0.385. The third-order valence-electron chi connectivity index (χ3n) is 5.17. The summed E-state index contributed by atoms with van der Waals surface area (Å²) < 4.78 is 0. The van der Waals surface area contributed by atoms with Gasteiger partial charge in [0.15, 0.2) is 17.3 Å². The van der Waals surface area contributed by atoms with Crippen molar-refractivity contribution < 1.29 is 15.1 Å². The van der Waals surface area contributed by atoms with Crippen LogP contribution in [0.5, 0.6) is 11.5 Å². The molecule has 0 saturated carbocycles. The first-order valence-electron chi connectivity index (χ1n) is 9.99. The molecule has 168 valence electrons. The number of benzene rings is 2. The van der Waals surface area contributed by atoms with E-state index in [1.165, 1.54) is 6.07 Å². The van der Waals surface area contributed by atoms with E-state index in [1.807, 2.05) is 0 Å². The van der Waals surface area contributed by atoms with Crippen LogP contribution in [0.2, 0.25) is 0 Å². The topological polar surface area (TPSA) is 174 Å². The first kappa shape index (κ1) is 21.6. The molecule has 4 rings (SSSR count). The van der Waals surface area contributed by atoms with Gasteiger partial charge in [0.05, 0.1) is 16.8 Å². The molecule has 0 aliphatic rings. The number of para-hydroxylation sites is 1. The number of anilines is 1. The number of nitro groups is 1. The van der Waals surface area contributed by atoms with E-state index in [0.29, 0.717) is 41.4 Å². The number of nitrogens with one attached hydrogen (secondary N) is 3. The summed E-state index contributed by atoms with van der Waals surface area (Å²) in [7, 11) is 0. The minimum atomic E-state index is -0.614. The number of fused-ring (bicyclic) bond motifs is 1. The number of rotatable bonds is 7. The standard InChI is InChI=1S/C22H19N5O6/c28-17-11-24-22(31)26-21(17)23-9-3-4-12-7-8-13(10-16(12)27(32)33)18-20(30)19(29)14-5-1-2-6-15(14)25-18/h1-2,5-8,10-11,28,30H,3-4,9H2,(H,25,29)(H2,23,24,26,31). The molecule has 0 amide bonds. The summed E-state index contributed by atoms with van der Waals surface area (Å²) in [5.41, 5.74) is 0.0496. The Kier molecular flexibility index (Phi) is 5.77. The van der Waals surface area contributed by atoms with Gasteiger partial charge in [0.2, 0.25) is 5.43 Å². The number of aromatic amines is 2. The zero-order valence-corrected chi connectivity index (χ0v) is 17.2. The van der Waals surface area contributed by atoms with Crippen LogP contribution in [-0.2, 0) is 6.42 Å². The molecule has 4 aromatic rings. The second kappa shape index (κ2) is 8.83. The van der Waals surface area contributed by atoms with Crippen LogP contribution in [0, 0.1) is 10.1 Å². The molecular weight excluding hydrogens is 430 g/mol. The van der Waals surface area contributed by atoms with Gasteiger partial charge in [-0.2, -0.15) is 4.98 Å². The quantitative estimate of drug-likeness (QED) is 0.163. The second-order valence-corrected chi connectivity index (χ2v) is 7.30. The fourth-order valence-electron chi connectivity index (χ4n) is 3.55. The first-order valence-corrected chi connectivity index (χ1v) is 9.99. The maximum Gasteiger partial charge on any atom is 0.346 e. The Labute approximate surface area is 185 Å². The third kappa shape index (κ3) is 4.37. The van der Waals surface area contributed by atoms with Crippen LogP contribution in [0.1, 0.15) is 12.0 Å². The molecule has 0 radical (unpaired) electrons. The van der Waals surface area contributed by atoms with Gasteiger partial charge in [-0.3, -0.25) is 19.9 Å². The molecule has 33 heavy (non-hydrogen) atoms. The highest BCUT2D eigenvalue weighted by atomic mass is 16.6. The van der Waals surface area contributed by atoms with Gasteiger partial charge in [-0.15, -0.1) is 0 Å². The molecule has 5 N–H and O–H groups in total. The van der Waals surface area contributed by atoms with Crippen LogP contribution in [-0.4, -0.2) is 36.6 Å². The van der Waals surface area contributed by atoms with Crippen molar-refractivity contribution in [2.75, 3.05) is 11.9 Å². The molecule has 0 saturated heterocycles. The summed E-state index contributed by atoms with van der Waals surface area (Å²) in [5.74, 6) is -0.601. The van der Waals surface area contributed by atoms with Gasteiger partial charge in [-0.1, -0.05) is 24.3 Å². The number of hydrogen-bond acceptors (Lipinski definition) is 8. The number of aromatic hydroxyl groups is 2. The number of nitrogens with zero attached hydrogens (tertiary/aromatic N) is 2. The van der Waals surface area contributed by atoms with Crippen molar-refractivity contribution in [3.05, 3.63) is 85.0 Å². The van der Waals surface area contributed by atoms with E-state index < -0.39 is 21.8 Å². The van der Waals surface area contributed by atoms with Crippen LogP contribution in [0.25, 0.3) is 22.2 Å². The highest BCUT2D eigenvalue weighted by Gasteiger charge is 2.19. The van der Waals surface area contributed by atoms with Crippen LogP contribution in [0.15, 0.2) is 58.3 Å². The average Bonchev–Trinajstić information content (AvgIpc) is 2.81. The molecule has 0 unspecified atom stereocenters. The molecule has 0 fully saturated rings. The van der Waals surface area contributed by atoms with Crippen molar-refractivity contribution in [3.8, 4) is 22.8 Å². The fraction of sp³-hybridized carbons (Fsp3) is 0.136. The van der Waals surface area contributed by atoms with Crippen molar-refractivity contribution in [3.63, 3.8) is 0 Å². The van der Waals surface area contributed by atoms with E-state index in [-0.39, 0.29) is 22.9 Å². The number of H-pyrrole nitrogens is 2. The summed E-state index contributed by atoms with van der Waals surface area (Å²) >= 11 is 0. The Hall–Kier alpha value is -4.67. The smallest absolute Gasteiger partial charge is 0.346 e. The monoisotopic (exact) mass is 449 g/mol. The van der Waals surface area contributed by atoms with Crippen molar-refractivity contribution in [1.82, 2.24) is 15.0 Å². The Bertz CT molecular complexity index is 1480. The lowest BCUT2D eigenvalue weighted by Crippen LogP contribution is -2.14. The normalized spacial score (nSPS) is 10.9. The molecule has 0 bridgehead atoms. The van der Waals surface area contributed by atoms with Crippen LogP contribution in [0.4, 0.5) is 11.5 Å². The maximum absolute atomic E-state index is 12.5. The second-order valence-electron chi connectivity index (χ2n) is 7.30. The molecular formula is C22H19N5O6. The molecule has 0 atom stereocenters. The van der Waals surface area contributed by atoms with Crippen molar-refractivity contribution in [2.24, 2.45) is 0 Å². The van der Waals surface area contributed by atoms with Gasteiger partial charge in [-0.05, 0) is 25.0 Å². The SMILES string of the molecule is O=c1ncc(O)c(NCCCc2ccc(-c3[nH]c4ccccc4c(=O)c3O)cc2[N+](=O)[O-])[nH]1. The van der Waals surface area contributed by atoms with Crippen LogP contribution < -0.4 is 16.4 Å². The Morgan fingerprint density at radius 3 is 2.67 bits per heavy atom. The largest absolute Gasteiger partial charge is 0.503 e. The zero-order valence-electron chi connectivity index (χ0n) is 17.2. The van der Waals surface area contributed by atoms with E-state index in [4.69, 9.17) is 0 Å². The molecule has 0 spiro atoms. The van der Waals surface area contributed by atoms with Crippen LogP contribution in [0.3, 0.4) is 0 Å².